The van der Waals surface area contributed by atoms with Gasteiger partial charge in [-0.1, -0.05) is 12.1 Å². The molecule has 2 aromatic rings. The molecule has 0 spiro atoms. The van der Waals surface area contributed by atoms with Gasteiger partial charge in [0, 0.05) is 52.0 Å². The highest BCUT2D eigenvalue weighted by molar-refractivity contribution is 7.89. The summed E-state index contributed by atoms with van der Waals surface area (Å²) in [4.78, 5) is 19.1. The zero-order valence-corrected chi connectivity index (χ0v) is 24.3. The molecule has 1 fully saturated rings. The number of carbonyl (C=O) groups is 1. The van der Waals surface area contributed by atoms with Gasteiger partial charge in [-0.15, -0.1) is 0 Å². The van der Waals surface area contributed by atoms with Crippen LogP contribution in [0.25, 0.3) is 0 Å². The van der Waals surface area contributed by atoms with Crippen molar-refractivity contribution in [3.63, 3.8) is 0 Å². The van der Waals surface area contributed by atoms with E-state index >= 15 is 0 Å². The monoisotopic (exact) mass is 546 g/mol. The van der Waals surface area contributed by atoms with Crippen molar-refractivity contribution < 1.29 is 23.1 Å². The Labute approximate surface area is 227 Å². The number of ether oxygens (including phenoxy) is 1. The second-order valence-corrected chi connectivity index (χ2v) is 12.4. The molecule has 1 aliphatic heterocycles. The number of aryl methyl sites for hydroxylation is 2. The molecule has 1 N–H and O–H groups in total. The lowest BCUT2D eigenvalue weighted by Gasteiger charge is -2.36. The number of aromatic hydroxyl groups is 1. The lowest BCUT2D eigenvalue weighted by atomic mass is 10.0. The van der Waals surface area contributed by atoms with Crippen LogP contribution in [-0.4, -0.2) is 101 Å². The number of anilines is 1. The molecule has 210 valence electrons. The number of phenols is 1. The van der Waals surface area contributed by atoms with Crippen LogP contribution in [0, 0.1) is 13.8 Å². The van der Waals surface area contributed by atoms with Crippen molar-refractivity contribution in [1.29, 1.82) is 0 Å². The minimum atomic E-state index is -3.75. The maximum atomic E-state index is 13.0. The van der Waals surface area contributed by atoms with E-state index in [-0.39, 0.29) is 36.3 Å². The van der Waals surface area contributed by atoms with E-state index in [0.717, 1.165) is 31.5 Å². The smallest absolute Gasteiger partial charge is 0.248 e. The van der Waals surface area contributed by atoms with Crippen LogP contribution in [0.4, 0.5) is 5.69 Å². The standard InChI is InChI=1S/C28H42N4O5S/c1-21-17-26(33)18-22(2)28(21)38(35,36)31(6)15-16-37-20-27(34)30(5)19-23-7-9-25(10-8-23)32-13-11-24(12-14-32)29(3)4/h7-10,17-18,24,33H,11-16,19-20H2,1-6H3. The first-order chi connectivity index (χ1) is 17.9. The van der Waals surface area contributed by atoms with Gasteiger partial charge in [-0.05, 0) is 81.7 Å². The molecule has 1 saturated heterocycles. The molecule has 0 atom stereocenters. The van der Waals surface area contributed by atoms with E-state index in [1.54, 1.807) is 25.8 Å². The van der Waals surface area contributed by atoms with Gasteiger partial charge >= 0.3 is 0 Å². The van der Waals surface area contributed by atoms with Crippen LogP contribution < -0.4 is 4.90 Å². The van der Waals surface area contributed by atoms with Crippen LogP contribution in [0.15, 0.2) is 41.3 Å². The number of rotatable bonds is 11. The van der Waals surface area contributed by atoms with Gasteiger partial charge in [0.2, 0.25) is 15.9 Å². The van der Waals surface area contributed by atoms with Crippen molar-refractivity contribution in [1.82, 2.24) is 14.1 Å². The Morgan fingerprint density at radius 2 is 1.61 bits per heavy atom. The van der Waals surface area contributed by atoms with Crippen LogP contribution in [0.3, 0.4) is 0 Å². The quantitative estimate of drug-likeness (QED) is 0.433. The third kappa shape index (κ3) is 7.47. The van der Waals surface area contributed by atoms with Crippen LogP contribution in [0.2, 0.25) is 0 Å². The lowest BCUT2D eigenvalue weighted by molar-refractivity contribution is -0.135. The first-order valence-corrected chi connectivity index (χ1v) is 14.4. The molecular weight excluding hydrogens is 504 g/mol. The minimum Gasteiger partial charge on any atom is -0.508 e. The van der Waals surface area contributed by atoms with E-state index in [2.05, 4.69) is 48.2 Å². The number of hydrogen-bond donors (Lipinski definition) is 1. The number of piperidine rings is 1. The van der Waals surface area contributed by atoms with E-state index in [4.69, 9.17) is 4.74 Å². The van der Waals surface area contributed by atoms with Gasteiger partial charge in [0.15, 0.2) is 0 Å². The van der Waals surface area contributed by atoms with Gasteiger partial charge in [0.25, 0.3) is 0 Å². The first-order valence-electron chi connectivity index (χ1n) is 13.0. The average Bonchev–Trinajstić information content (AvgIpc) is 2.86. The summed E-state index contributed by atoms with van der Waals surface area (Å²) in [6.45, 7) is 5.93. The van der Waals surface area contributed by atoms with E-state index in [9.17, 15) is 18.3 Å². The molecule has 1 heterocycles. The van der Waals surface area contributed by atoms with E-state index in [1.807, 2.05) is 0 Å². The number of hydrogen-bond acceptors (Lipinski definition) is 7. The van der Waals surface area contributed by atoms with Crippen molar-refractivity contribution in [2.75, 3.05) is 65.9 Å². The average molecular weight is 547 g/mol. The maximum Gasteiger partial charge on any atom is 0.248 e. The fourth-order valence-electron chi connectivity index (χ4n) is 4.89. The minimum absolute atomic E-state index is 0.0313. The molecule has 0 bridgehead atoms. The third-order valence-corrected chi connectivity index (χ3v) is 9.39. The summed E-state index contributed by atoms with van der Waals surface area (Å²) in [6, 6.07) is 11.9. The predicted molar refractivity (Wildman–Crippen MR) is 150 cm³/mol. The van der Waals surface area contributed by atoms with Gasteiger partial charge < -0.3 is 24.5 Å². The number of nitrogens with zero attached hydrogens (tertiary/aromatic N) is 4. The molecule has 38 heavy (non-hydrogen) atoms. The Hall–Kier alpha value is -2.66. The summed E-state index contributed by atoms with van der Waals surface area (Å²) in [5.74, 6) is -0.139. The van der Waals surface area contributed by atoms with Crippen molar-refractivity contribution in [2.45, 2.75) is 44.2 Å². The summed E-state index contributed by atoms with van der Waals surface area (Å²) in [7, 11) is 3.74. The highest BCUT2D eigenvalue weighted by atomic mass is 32.2. The lowest BCUT2D eigenvalue weighted by Crippen LogP contribution is -2.41. The Kier molecular flexibility index (Phi) is 10.2. The van der Waals surface area contributed by atoms with E-state index in [0.29, 0.717) is 23.7 Å². The molecule has 10 heteroatoms. The highest BCUT2D eigenvalue weighted by Gasteiger charge is 2.25. The topological polar surface area (TPSA) is 93.6 Å². The van der Waals surface area contributed by atoms with Crippen molar-refractivity contribution in [2.24, 2.45) is 0 Å². The molecule has 9 nitrogen and oxygen atoms in total. The van der Waals surface area contributed by atoms with Crippen LogP contribution in [0.1, 0.15) is 29.5 Å². The molecule has 0 saturated carbocycles. The molecule has 3 rings (SSSR count). The SMILES string of the molecule is Cc1cc(O)cc(C)c1S(=O)(=O)N(C)CCOCC(=O)N(C)Cc1ccc(N2CCC(N(C)C)CC2)cc1. The Bertz CT molecular complexity index is 1170. The fourth-order valence-corrected chi connectivity index (χ4v) is 6.45. The van der Waals surface area contributed by atoms with Crippen LogP contribution in [0.5, 0.6) is 5.75 Å². The summed E-state index contributed by atoms with van der Waals surface area (Å²) in [5.41, 5.74) is 3.21. The highest BCUT2D eigenvalue weighted by Crippen LogP contribution is 2.27. The largest absolute Gasteiger partial charge is 0.508 e. The summed E-state index contributed by atoms with van der Waals surface area (Å²) in [6.07, 6.45) is 2.31. The number of likely N-dealkylation sites (N-methyl/N-ethyl adjacent to an activating group) is 2. The van der Waals surface area contributed by atoms with Crippen molar-refractivity contribution in [3.8, 4) is 5.75 Å². The number of phenolic OH excluding ortho intramolecular Hbond substituents is 1. The summed E-state index contributed by atoms with van der Waals surface area (Å²) < 4.78 is 32.7. The van der Waals surface area contributed by atoms with E-state index < -0.39 is 10.0 Å². The molecule has 2 aromatic carbocycles. The Morgan fingerprint density at radius 3 is 2.16 bits per heavy atom. The van der Waals surface area contributed by atoms with Crippen molar-refractivity contribution >= 4 is 21.6 Å². The molecule has 0 aromatic heterocycles. The second kappa shape index (κ2) is 12.9. The zero-order chi connectivity index (χ0) is 28.0. The number of benzene rings is 2. The number of amides is 1. The zero-order valence-electron chi connectivity index (χ0n) is 23.5. The van der Waals surface area contributed by atoms with Gasteiger partial charge in [0.05, 0.1) is 11.5 Å². The maximum absolute atomic E-state index is 13.0. The van der Waals surface area contributed by atoms with Gasteiger partial charge in [-0.25, -0.2) is 8.42 Å². The summed E-state index contributed by atoms with van der Waals surface area (Å²) in [5, 5.41) is 9.71. The fraction of sp³-hybridized carbons (Fsp3) is 0.536. The number of carbonyl (C=O) groups excluding carboxylic acids is 1. The first kappa shape index (κ1) is 29.9. The molecule has 1 amide bonds. The van der Waals surface area contributed by atoms with E-state index in [1.165, 1.54) is 29.2 Å². The van der Waals surface area contributed by atoms with Crippen LogP contribution >= 0.6 is 0 Å². The molecular formula is C28H42N4O5S. The van der Waals surface area contributed by atoms with Gasteiger partial charge in [-0.3, -0.25) is 4.79 Å². The summed E-state index contributed by atoms with van der Waals surface area (Å²) >= 11 is 0. The van der Waals surface area contributed by atoms with Gasteiger partial charge in [0.1, 0.15) is 12.4 Å². The normalized spacial score (nSPS) is 14.9. The Balaban J connectivity index is 1.43. The third-order valence-electron chi connectivity index (χ3n) is 7.23. The molecule has 0 aliphatic carbocycles. The van der Waals surface area contributed by atoms with Crippen LogP contribution in [-0.2, 0) is 26.1 Å². The Morgan fingerprint density at radius 1 is 1.03 bits per heavy atom. The van der Waals surface area contributed by atoms with Crippen molar-refractivity contribution in [3.05, 3.63) is 53.1 Å². The molecule has 0 radical (unpaired) electrons. The predicted octanol–water partition coefficient (Wildman–Crippen LogP) is 2.84. The number of sulfonamides is 1. The molecule has 0 unspecified atom stereocenters. The second-order valence-electron chi connectivity index (χ2n) is 10.4. The molecule has 1 aliphatic rings. The van der Waals surface area contributed by atoms with Gasteiger partial charge in [-0.2, -0.15) is 4.31 Å².